The van der Waals surface area contributed by atoms with Crippen molar-refractivity contribution in [2.75, 3.05) is 13.2 Å². The van der Waals surface area contributed by atoms with Crippen LogP contribution in [-0.4, -0.2) is 39.8 Å². The lowest BCUT2D eigenvalue weighted by Gasteiger charge is -2.19. The fraction of sp³-hybridized carbons (Fsp3) is 0.333. The van der Waals surface area contributed by atoms with E-state index in [0.29, 0.717) is 36.2 Å². The molecule has 1 aromatic heterocycles. The second-order valence-electron chi connectivity index (χ2n) is 8.12. The summed E-state index contributed by atoms with van der Waals surface area (Å²) in [7, 11) is 0. The van der Waals surface area contributed by atoms with E-state index < -0.39 is 0 Å². The van der Waals surface area contributed by atoms with Gasteiger partial charge in [0.2, 0.25) is 0 Å². The van der Waals surface area contributed by atoms with Gasteiger partial charge in [-0.05, 0) is 67.1 Å². The van der Waals surface area contributed by atoms with Gasteiger partial charge in [0.1, 0.15) is 5.82 Å². The van der Waals surface area contributed by atoms with Crippen molar-refractivity contribution >= 4 is 5.91 Å². The average Bonchev–Trinajstić information content (AvgIpc) is 3.51. The smallest absolute Gasteiger partial charge is 0.254 e. The minimum Gasteiger partial charge on any atom is -0.376 e. The molecule has 6 heteroatoms. The number of benzene rings is 2. The lowest BCUT2D eigenvalue weighted by molar-refractivity contribution is 0.0544. The van der Waals surface area contributed by atoms with E-state index in [1.807, 2.05) is 42.6 Å². The third kappa shape index (κ3) is 3.41. The van der Waals surface area contributed by atoms with E-state index in [0.717, 1.165) is 36.3 Å². The Balaban J connectivity index is 1.38. The topological polar surface area (TPSA) is 47.4 Å². The summed E-state index contributed by atoms with van der Waals surface area (Å²) in [5, 5.41) is 4.23. The zero-order chi connectivity index (χ0) is 20.7. The second-order valence-corrected chi connectivity index (χ2v) is 8.12. The monoisotopic (exact) mass is 405 g/mol. The van der Waals surface area contributed by atoms with Crippen LogP contribution in [-0.2, 0) is 17.7 Å². The highest BCUT2D eigenvalue weighted by atomic mass is 19.1. The van der Waals surface area contributed by atoms with Gasteiger partial charge in [-0.2, -0.15) is 5.10 Å². The molecule has 2 aliphatic heterocycles. The van der Waals surface area contributed by atoms with E-state index in [9.17, 15) is 4.79 Å². The van der Waals surface area contributed by atoms with Gasteiger partial charge in [-0.3, -0.25) is 4.79 Å². The first-order valence-corrected chi connectivity index (χ1v) is 10.4. The molecule has 2 aliphatic rings. The van der Waals surface area contributed by atoms with Gasteiger partial charge in [0.25, 0.3) is 5.91 Å². The number of carbonyl (C=O) groups excluding carboxylic acids is 1. The highest BCUT2D eigenvalue weighted by Gasteiger charge is 2.33. The van der Waals surface area contributed by atoms with Crippen molar-refractivity contribution in [3.63, 3.8) is 0 Å². The minimum absolute atomic E-state index is 0.0696. The van der Waals surface area contributed by atoms with Crippen molar-refractivity contribution in [2.45, 2.75) is 38.8 Å². The molecule has 3 aromatic rings. The molecule has 1 unspecified atom stereocenters. The molecule has 0 N–H and O–H groups in total. The van der Waals surface area contributed by atoms with Crippen LogP contribution in [0.25, 0.3) is 5.69 Å². The van der Waals surface area contributed by atoms with Gasteiger partial charge in [-0.15, -0.1) is 0 Å². The van der Waals surface area contributed by atoms with Crippen LogP contribution >= 0.6 is 0 Å². The summed E-state index contributed by atoms with van der Waals surface area (Å²) in [6.45, 7) is 3.42. The van der Waals surface area contributed by atoms with Crippen LogP contribution < -0.4 is 0 Å². The van der Waals surface area contributed by atoms with E-state index in [4.69, 9.17) is 4.74 Å². The van der Waals surface area contributed by atoms with Gasteiger partial charge in [0.05, 0.1) is 11.8 Å². The van der Waals surface area contributed by atoms with Crippen LogP contribution in [0.1, 0.15) is 45.5 Å². The molecule has 0 bridgehead atoms. The summed E-state index contributed by atoms with van der Waals surface area (Å²) in [5.41, 5.74) is 4.53. The molecule has 0 saturated carbocycles. The Morgan fingerprint density at radius 3 is 2.80 bits per heavy atom. The van der Waals surface area contributed by atoms with Crippen molar-refractivity contribution < 1.29 is 13.9 Å². The van der Waals surface area contributed by atoms with E-state index in [-0.39, 0.29) is 17.8 Å². The summed E-state index contributed by atoms with van der Waals surface area (Å²) in [5.74, 6) is -0.339. The van der Waals surface area contributed by atoms with Crippen molar-refractivity contribution in [3.05, 3.63) is 82.4 Å². The first-order chi connectivity index (χ1) is 14.6. The molecular weight excluding hydrogens is 381 g/mol. The molecule has 1 amide bonds. The molecule has 0 radical (unpaired) electrons. The Bertz CT molecular complexity index is 1070. The van der Waals surface area contributed by atoms with Crippen molar-refractivity contribution in [2.24, 2.45) is 0 Å². The third-order valence-electron chi connectivity index (χ3n) is 6.13. The van der Waals surface area contributed by atoms with E-state index in [2.05, 4.69) is 5.10 Å². The molecular formula is C24H24FN3O2. The number of halogens is 1. The van der Waals surface area contributed by atoms with Gasteiger partial charge in [-0.25, -0.2) is 9.07 Å². The Hall–Kier alpha value is -2.99. The van der Waals surface area contributed by atoms with Crippen LogP contribution in [0.2, 0.25) is 0 Å². The number of rotatable bonds is 5. The normalized spacial score (nSPS) is 18.3. The van der Waals surface area contributed by atoms with Gasteiger partial charge in [0, 0.05) is 43.2 Å². The molecule has 1 atom stereocenters. The number of nitrogens with zero attached hydrogens (tertiary/aromatic N) is 3. The maximum absolute atomic E-state index is 15.2. The largest absolute Gasteiger partial charge is 0.376 e. The number of hydrogen-bond donors (Lipinski definition) is 0. The average molecular weight is 405 g/mol. The zero-order valence-electron chi connectivity index (χ0n) is 17.0. The Labute approximate surface area is 175 Å². The molecule has 2 aromatic carbocycles. The molecule has 1 fully saturated rings. The SMILES string of the molecule is Cc1c(Cc2ccc(-n3cccn3)cc2)cc2c(c1F)CN(CC1CCCO1)C2=O. The lowest BCUT2D eigenvalue weighted by atomic mass is 9.95. The number of amides is 1. The summed E-state index contributed by atoms with van der Waals surface area (Å²) in [6, 6.07) is 11.8. The number of aromatic nitrogens is 2. The molecule has 30 heavy (non-hydrogen) atoms. The summed E-state index contributed by atoms with van der Waals surface area (Å²) >= 11 is 0. The van der Waals surface area contributed by atoms with E-state index in [1.54, 1.807) is 22.7 Å². The molecule has 154 valence electrons. The number of ether oxygens (including phenoxy) is 1. The van der Waals surface area contributed by atoms with Crippen molar-refractivity contribution in [3.8, 4) is 5.69 Å². The van der Waals surface area contributed by atoms with E-state index in [1.165, 1.54) is 0 Å². The second kappa shape index (κ2) is 7.69. The summed E-state index contributed by atoms with van der Waals surface area (Å²) < 4.78 is 22.6. The first-order valence-electron chi connectivity index (χ1n) is 10.4. The highest BCUT2D eigenvalue weighted by molar-refractivity contribution is 5.98. The van der Waals surface area contributed by atoms with Crippen LogP contribution in [0, 0.1) is 12.7 Å². The molecule has 5 rings (SSSR count). The fourth-order valence-corrected chi connectivity index (χ4v) is 4.41. The van der Waals surface area contributed by atoms with Crippen LogP contribution in [0.5, 0.6) is 0 Å². The molecule has 3 heterocycles. The fourth-order valence-electron chi connectivity index (χ4n) is 4.41. The Kier molecular flexibility index (Phi) is 4.87. The van der Waals surface area contributed by atoms with Gasteiger partial charge in [-0.1, -0.05) is 12.1 Å². The number of hydrogen-bond acceptors (Lipinski definition) is 3. The first kappa shape index (κ1) is 19.0. The quantitative estimate of drug-likeness (QED) is 0.644. The van der Waals surface area contributed by atoms with Gasteiger partial charge >= 0.3 is 0 Å². The maximum Gasteiger partial charge on any atom is 0.254 e. The molecule has 1 saturated heterocycles. The minimum atomic E-state index is -0.251. The third-order valence-corrected chi connectivity index (χ3v) is 6.13. The van der Waals surface area contributed by atoms with Gasteiger partial charge in [0.15, 0.2) is 0 Å². The molecule has 5 nitrogen and oxygen atoms in total. The summed E-state index contributed by atoms with van der Waals surface area (Å²) in [6.07, 6.45) is 6.26. The lowest BCUT2D eigenvalue weighted by Crippen LogP contribution is -2.32. The standard InChI is InChI=1S/C24H24FN3O2/c1-16-18(12-17-5-7-19(8-6-17)28-10-3-9-26-28)13-21-22(23(16)25)15-27(24(21)29)14-20-4-2-11-30-20/h3,5-10,13,20H,2,4,11-12,14-15H2,1H3. The van der Waals surface area contributed by atoms with Crippen LogP contribution in [0.15, 0.2) is 48.8 Å². The van der Waals surface area contributed by atoms with Crippen molar-refractivity contribution in [1.82, 2.24) is 14.7 Å². The number of fused-ring (bicyclic) bond motifs is 1. The van der Waals surface area contributed by atoms with Crippen LogP contribution in [0.4, 0.5) is 4.39 Å². The Morgan fingerprint density at radius 2 is 2.10 bits per heavy atom. The molecule has 0 aliphatic carbocycles. The van der Waals surface area contributed by atoms with Crippen LogP contribution in [0.3, 0.4) is 0 Å². The highest BCUT2D eigenvalue weighted by Crippen LogP contribution is 2.31. The maximum atomic E-state index is 15.2. The van der Waals surface area contributed by atoms with E-state index >= 15 is 4.39 Å². The van der Waals surface area contributed by atoms with Gasteiger partial charge < -0.3 is 9.64 Å². The summed E-state index contributed by atoms with van der Waals surface area (Å²) in [4.78, 5) is 14.7. The zero-order valence-corrected chi connectivity index (χ0v) is 17.0. The van der Waals surface area contributed by atoms with Crippen molar-refractivity contribution in [1.29, 1.82) is 0 Å². The Morgan fingerprint density at radius 1 is 1.27 bits per heavy atom. The number of carbonyl (C=O) groups is 1. The predicted octanol–water partition coefficient (Wildman–Crippen LogP) is 4.05. The predicted molar refractivity (Wildman–Crippen MR) is 111 cm³/mol. The molecule has 0 spiro atoms.